The summed E-state index contributed by atoms with van der Waals surface area (Å²) in [7, 11) is 1.61. The highest BCUT2D eigenvalue weighted by Crippen LogP contribution is 2.36. The van der Waals surface area contributed by atoms with Gasteiger partial charge in [-0.15, -0.1) is 11.3 Å². The molecule has 1 heterocycles. The Morgan fingerprint density at radius 1 is 1.32 bits per heavy atom. The Morgan fingerprint density at radius 2 is 2.09 bits per heavy atom. The maximum Gasteiger partial charge on any atom is 0.347 e. The second-order valence-electron chi connectivity index (χ2n) is 5.22. The van der Waals surface area contributed by atoms with Crippen LogP contribution in [0.5, 0.6) is 11.5 Å². The van der Waals surface area contributed by atoms with Crippen LogP contribution in [-0.2, 0) is 0 Å². The first-order valence-corrected chi connectivity index (χ1v) is 8.03. The fraction of sp³-hybridized carbons (Fsp3) is 0.375. The number of hydrogen-bond donors (Lipinski definition) is 1. The lowest BCUT2D eigenvalue weighted by Gasteiger charge is -2.16. The van der Waals surface area contributed by atoms with Crippen LogP contribution in [0.3, 0.4) is 0 Å². The Balaban J connectivity index is 1.89. The van der Waals surface area contributed by atoms with E-state index in [2.05, 4.69) is 4.98 Å². The molecule has 5 nitrogen and oxygen atoms in total. The number of aromatic carboxylic acids is 1. The highest BCUT2D eigenvalue weighted by molar-refractivity contribution is 7.16. The molecule has 0 spiro atoms. The molecule has 6 heteroatoms. The molecule has 1 aromatic heterocycles. The zero-order valence-electron chi connectivity index (χ0n) is 12.2. The number of thiazole rings is 1. The lowest BCUT2D eigenvalue weighted by atomic mass is 10.2. The van der Waals surface area contributed by atoms with Crippen molar-refractivity contribution in [3.63, 3.8) is 0 Å². The lowest BCUT2D eigenvalue weighted by Crippen LogP contribution is -2.11. The first-order chi connectivity index (χ1) is 10.7. The van der Waals surface area contributed by atoms with Crippen LogP contribution in [0.15, 0.2) is 24.4 Å². The normalized spacial score (nSPS) is 15.0. The summed E-state index contributed by atoms with van der Waals surface area (Å²) in [6.45, 7) is 0. The van der Waals surface area contributed by atoms with Crippen LogP contribution in [0, 0.1) is 0 Å². The van der Waals surface area contributed by atoms with Crippen LogP contribution < -0.4 is 9.47 Å². The third kappa shape index (κ3) is 3.06. The first kappa shape index (κ1) is 14.8. The van der Waals surface area contributed by atoms with Crippen molar-refractivity contribution in [3.8, 4) is 22.1 Å². The molecule has 0 aliphatic heterocycles. The van der Waals surface area contributed by atoms with Crippen LogP contribution >= 0.6 is 11.3 Å². The van der Waals surface area contributed by atoms with Gasteiger partial charge in [0.2, 0.25) is 0 Å². The highest BCUT2D eigenvalue weighted by Gasteiger charge is 2.19. The molecule has 3 rings (SSSR count). The highest BCUT2D eigenvalue weighted by atomic mass is 32.1. The maximum atomic E-state index is 11.0. The van der Waals surface area contributed by atoms with Gasteiger partial charge in [0.15, 0.2) is 11.5 Å². The smallest absolute Gasteiger partial charge is 0.347 e. The molecule has 1 fully saturated rings. The van der Waals surface area contributed by atoms with E-state index in [9.17, 15) is 4.79 Å². The third-order valence-corrected chi connectivity index (χ3v) is 4.76. The zero-order chi connectivity index (χ0) is 15.5. The number of carboxylic acids is 1. The molecule has 2 aromatic rings. The minimum atomic E-state index is -0.959. The number of ether oxygens (including phenoxy) is 2. The van der Waals surface area contributed by atoms with E-state index in [0.717, 1.165) is 29.7 Å². The summed E-state index contributed by atoms with van der Waals surface area (Å²) >= 11 is 1.15. The van der Waals surface area contributed by atoms with E-state index in [-0.39, 0.29) is 11.0 Å². The second kappa shape index (κ2) is 6.36. The van der Waals surface area contributed by atoms with Gasteiger partial charge >= 0.3 is 5.97 Å². The number of aromatic nitrogens is 1. The van der Waals surface area contributed by atoms with Crippen molar-refractivity contribution >= 4 is 17.3 Å². The molecular weight excluding hydrogens is 302 g/mol. The van der Waals surface area contributed by atoms with Gasteiger partial charge in [-0.1, -0.05) is 0 Å². The van der Waals surface area contributed by atoms with E-state index in [0.29, 0.717) is 16.5 Å². The van der Waals surface area contributed by atoms with Crippen LogP contribution in [0.1, 0.15) is 35.4 Å². The summed E-state index contributed by atoms with van der Waals surface area (Å²) in [4.78, 5) is 15.4. The van der Waals surface area contributed by atoms with Gasteiger partial charge in [-0.2, -0.15) is 0 Å². The van der Waals surface area contributed by atoms with Gasteiger partial charge in [-0.05, 0) is 43.9 Å². The molecule has 116 valence electrons. The molecule has 1 saturated carbocycles. The summed E-state index contributed by atoms with van der Waals surface area (Å²) in [6, 6.07) is 5.58. The fourth-order valence-corrected chi connectivity index (χ4v) is 3.35. The minimum absolute atomic E-state index is 0.226. The predicted molar refractivity (Wildman–Crippen MR) is 83.9 cm³/mol. The van der Waals surface area contributed by atoms with E-state index in [4.69, 9.17) is 14.6 Å². The number of hydrogen-bond acceptors (Lipinski definition) is 5. The Kier molecular flexibility index (Phi) is 4.29. The van der Waals surface area contributed by atoms with Crippen molar-refractivity contribution in [1.29, 1.82) is 0 Å². The second-order valence-corrected chi connectivity index (χ2v) is 6.26. The van der Waals surface area contributed by atoms with Crippen LogP contribution in [0.25, 0.3) is 10.6 Å². The molecule has 0 atom stereocenters. The average molecular weight is 319 g/mol. The Bertz CT molecular complexity index is 677. The Labute approximate surface area is 132 Å². The van der Waals surface area contributed by atoms with Gasteiger partial charge in [-0.3, -0.25) is 0 Å². The quantitative estimate of drug-likeness (QED) is 0.907. The van der Waals surface area contributed by atoms with Crippen molar-refractivity contribution in [2.75, 3.05) is 7.11 Å². The number of nitrogens with zero attached hydrogens (tertiary/aromatic N) is 1. The minimum Gasteiger partial charge on any atom is -0.493 e. The molecule has 1 aliphatic rings. The number of carboxylic acid groups (broad SMARTS) is 1. The summed E-state index contributed by atoms with van der Waals surface area (Å²) in [5.74, 6) is 0.421. The molecule has 22 heavy (non-hydrogen) atoms. The van der Waals surface area contributed by atoms with E-state index in [1.807, 2.05) is 18.2 Å². The van der Waals surface area contributed by atoms with E-state index < -0.39 is 5.97 Å². The first-order valence-electron chi connectivity index (χ1n) is 7.21. The molecule has 1 aliphatic carbocycles. The van der Waals surface area contributed by atoms with Crippen LogP contribution in [0.2, 0.25) is 0 Å². The molecule has 0 saturated heterocycles. The molecule has 1 aromatic carbocycles. The van der Waals surface area contributed by atoms with Crippen molar-refractivity contribution in [1.82, 2.24) is 4.98 Å². The zero-order valence-corrected chi connectivity index (χ0v) is 13.1. The Morgan fingerprint density at radius 3 is 2.73 bits per heavy atom. The van der Waals surface area contributed by atoms with Gasteiger partial charge in [0, 0.05) is 5.56 Å². The van der Waals surface area contributed by atoms with Gasteiger partial charge in [0.25, 0.3) is 0 Å². The SMILES string of the molecule is COc1ccc(-c2ncc(C(=O)O)s2)cc1OC1CCCC1. The number of benzene rings is 1. The van der Waals surface area contributed by atoms with Crippen molar-refractivity contribution in [3.05, 3.63) is 29.3 Å². The molecule has 0 radical (unpaired) electrons. The summed E-state index contributed by atoms with van der Waals surface area (Å²) in [5.41, 5.74) is 0.839. The monoisotopic (exact) mass is 319 g/mol. The average Bonchev–Trinajstić information content (AvgIpc) is 3.18. The van der Waals surface area contributed by atoms with Crippen molar-refractivity contribution < 1.29 is 19.4 Å². The standard InChI is InChI=1S/C16H17NO4S/c1-20-12-7-6-10(15-17-9-14(22-15)16(18)19)8-13(12)21-11-4-2-3-5-11/h6-9,11H,2-5H2,1H3,(H,18,19). The van der Waals surface area contributed by atoms with Crippen molar-refractivity contribution in [2.24, 2.45) is 0 Å². The summed E-state index contributed by atoms with van der Waals surface area (Å²) < 4.78 is 11.4. The molecule has 0 bridgehead atoms. The summed E-state index contributed by atoms with van der Waals surface area (Å²) in [5, 5.41) is 9.66. The molecule has 1 N–H and O–H groups in total. The van der Waals surface area contributed by atoms with Crippen molar-refractivity contribution in [2.45, 2.75) is 31.8 Å². The van der Waals surface area contributed by atoms with Gasteiger partial charge in [0.05, 0.1) is 19.4 Å². The van der Waals surface area contributed by atoms with E-state index in [1.54, 1.807) is 7.11 Å². The largest absolute Gasteiger partial charge is 0.493 e. The number of methoxy groups -OCH3 is 1. The van der Waals surface area contributed by atoms with Gasteiger partial charge in [0.1, 0.15) is 9.88 Å². The lowest BCUT2D eigenvalue weighted by molar-refractivity contribution is 0.0702. The van der Waals surface area contributed by atoms with Gasteiger partial charge < -0.3 is 14.6 Å². The molecule has 0 amide bonds. The third-order valence-electron chi connectivity index (χ3n) is 3.72. The molecule has 0 unspecified atom stereocenters. The van der Waals surface area contributed by atoms with E-state index >= 15 is 0 Å². The van der Waals surface area contributed by atoms with Crippen LogP contribution in [0.4, 0.5) is 0 Å². The topological polar surface area (TPSA) is 68.7 Å². The van der Waals surface area contributed by atoms with Crippen LogP contribution in [-0.4, -0.2) is 29.3 Å². The molecular formula is C16H17NO4S. The Hall–Kier alpha value is -2.08. The summed E-state index contributed by atoms with van der Waals surface area (Å²) in [6.07, 6.45) is 6.13. The van der Waals surface area contributed by atoms with Gasteiger partial charge in [-0.25, -0.2) is 9.78 Å². The maximum absolute atomic E-state index is 11.0. The number of carbonyl (C=O) groups is 1. The fourth-order valence-electron chi connectivity index (χ4n) is 2.59. The predicted octanol–water partition coefficient (Wildman–Crippen LogP) is 3.84. The number of rotatable bonds is 5. The van der Waals surface area contributed by atoms with E-state index in [1.165, 1.54) is 19.0 Å².